The lowest BCUT2D eigenvalue weighted by molar-refractivity contribution is -0.137. The van der Waals surface area contributed by atoms with Gasteiger partial charge in [0.2, 0.25) is 5.95 Å². The van der Waals surface area contributed by atoms with Crippen molar-refractivity contribution in [2.24, 2.45) is 7.05 Å². The fourth-order valence-corrected chi connectivity index (χ4v) is 6.64. The number of anilines is 3. The van der Waals surface area contributed by atoms with E-state index in [1.54, 1.807) is 64.2 Å². The van der Waals surface area contributed by atoms with Gasteiger partial charge in [0.1, 0.15) is 11.3 Å². The number of imide groups is 1. The number of carbonyl (C=O) groups excluding carboxylic acids is 3. The molecule has 1 fully saturated rings. The normalized spacial score (nSPS) is 15.1. The first-order chi connectivity index (χ1) is 26.5. The van der Waals surface area contributed by atoms with Gasteiger partial charge in [0.05, 0.1) is 22.4 Å². The third-order valence-electron chi connectivity index (χ3n) is 9.43. The molecule has 0 bridgehead atoms. The van der Waals surface area contributed by atoms with Gasteiger partial charge >= 0.3 is 18.3 Å². The molecule has 4 aromatic rings. The van der Waals surface area contributed by atoms with Gasteiger partial charge in [-0.3, -0.25) is 9.69 Å². The van der Waals surface area contributed by atoms with Crippen molar-refractivity contribution in [2.45, 2.75) is 52.4 Å². The van der Waals surface area contributed by atoms with Crippen LogP contribution in [0.25, 0.3) is 11.4 Å². The lowest BCUT2D eigenvalue weighted by Crippen LogP contribution is -2.45. The smallest absolute Gasteiger partial charge is 0.417 e. The van der Waals surface area contributed by atoms with Gasteiger partial charge in [-0.25, -0.2) is 24.5 Å². The Morgan fingerprint density at radius 3 is 2.36 bits per heavy atom. The van der Waals surface area contributed by atoms with Gasteiger partial charge in [-0.15, -0.1) is 0 Å². The predicted molar refractivity (Wildman–Crippen MR) is 206 cm³/mol. The Hall–Kier alpha value is -5.92. The number of amides is 4. The number of carbonyl (C=O) groups is 3. The lowest BCUT2D eigenvalue weighted by Gasteiger charge is -2.34. The number of piperazine rings is 1. The van der Waals surface area contributed by atoms with Crippen LogP contribution in [0, 0.1) is 11.8 Å². The SMILES string of the molecule is CCN1CCN(Cc2cc(NC(=O)Nc3cccc(C#Cc4cnc(N)nc4-c4cc5c(n4C)CCN(C(=O)OC(C)(C)C)C5=O)c3)cc(C(F)(F)F)c2)CC1. The summed E-state index contributed by atoms with van der Waals surface area (Å²) in [6.07, 6.45) is -3.44. The number of ether oxygens (including phenoxy) is 1. The highest BCUT2D eigenvalue weighted by atomic mass is 19.4. The number of fused-ring (bicyclic) bond motifs is 1. The summed E-state index contributed by atoms with van der Waals surface area (Å²) in [5.41, 5.74) is 8.06. The molecule has 0 spiro atoms. The van der Waals surface area contributed by atoms with Gasteiger partial charge < -0.3 is 30.6 Å². The van der Waals surface area contributed by atoms with Gasteiger partial charge in [-0.2, -0.15) is 13.2 Å². The largest absolute Gasteiger partial charge is 0.443 e. The number of hydrogen-bond donors (Lipinski definition) is 3. The van der Waals surface area contributed by atoms with Crippen molar-refractivity contribution in [1.82, 2.24) is 29.2 Å². The zero-order valence-corrected chi connectivity index (χ0v) is 31.9. The van der Waals surface area contributed by atoms with E-state index >= 15 is 0 Å². The molecule has 0 saturated carbocycles. The molecule has 2 aromatic heterocycles. The molecule has 0 aliphatic carbocycles. The average molecular weight is 772 g/mol. The Morgan fingerprint density at radius 2 is 1.66 bits per heavy atom. The number of urea groups is 1. The van der Waals surface area contributed by atoms with Crippen LogP contribution in [0.2, 0.25) is 0 Å². The summed E-state index contributed by atoms with van der Waals surface area (Å²) in [7, 11) is 1.79. The second-order valence-electron chi connectivity index (χ2n) is 14.7. The van der Waals surface area contributed by atoms with Gasteiger partial charge in [-0.1, -0.05) is 24.8 Å². The van der Waals surface area contributed by atoms with Gasteiger partial charge in [0.25, 0.3) is 5.91 Å². The molecule has 1 saturated heterocycles. The van der Waals surface area contributed by atoms with Crippen LogP contribution in [-0.4, -0.2) is 92.1 Å². The molecule has 294 valence electrons. The Labute approximate surface area is 323 Å². The fourth-order valence-electron chi connectivity index (χ4n) is 6.64. The number of nitrogens with two attached hydrogens (primary N) is 1. The monoisotopic (exact) mass is 771 g/mol. The van der Waals surface area contributed by atoms with Crippen LogP contribution in [-0.2, 0) is 30.9 Å². The van der Waals surface area contributed by atoms with Crippen molar-refractivity contribution >= 4 is 35.4 Å². The Kier molecular flexibility index (Phi) is 11.4. The molecule has 6 rings (SSSR count). The number of aromatic nitrogens is 3. The lowest BCUT2D eigenvalue weighted by atomic mass is 10.1. The fraction of sp³-hybridized carbons (Fsp3) is 0.375. The number of nitrogen functional groups attached to an aromatic ring is 1. The number of likely N-dealkylation sites (N-methyl/N-ethyl adjacent to an activating group) is 1. The standard InChI is InChI=1S/C40H44F3N9O4/c1-6-50-14-16-51(17-15-50)24-26-18-28(40(41,42)43)21-30(20-26)47-37(54)46-29-9-7-8-25(19-29)10-11-27-23-45-36(44)48-34(27)33-22-31-32(49(33)5)12-13-52(35(31)53)38(55)56-39(2,3)4/h7-9,18-23H,6,12-17,24H2,1-5H3,(H2,44,45,48)(H2,46,47,54). The average Bonchev–Trinajstić information content (AvgIpc) is 3.47. The van der Waals surface area contributed by atoms with E-state index in [0.29, 0.717) is 58.0 Å². The zero-order valence-electron chi connectivity index (χ0n) is 31.9. The third-order valence-corrected chi connectivity index (χ3v) is 9.43. The number of nitrogens with one attached hydrogen (secondary N) is 2. The molecule has 0 unspecified atom stereocenters. The summed E-state index contributed by atoms with van der Waals surface area (Å²) in [4.78, 5) is 53.3. The first kappa shape index (κ1) is 39.8. The van der Waals surface area contributed by atoms with Crippen molar-refractivity contribution in [3.05, 3.63) is 88.2 Å². The molecule has 2 aliphatic rings. The number of halogens is 3. The maximum atomic E-state index is 13.9. The van der Waals surface area contributed by atoms with Crippen molar-refractivity contribution in [3.8, 4) is 23.2 Å². The number of alkyl halides is 3. The second-order valence-corrected chi connectivity index (χ2v) is 14.7. The van der Waals surface area contributed by atoms with Crippen LogP contribution in [0.5, 0.6) is 0 Å². The topological polar surface area (TPSA) is 151 Å². The Morgan fingerprint density at radius 1 is 0.946 bits per heavy atom. The maximum absolute atomic E-state index is 13.9. The second kappa shape index (κ2) is 16.0. The van der Waals surface area contributed by atoms with Gasteiger partial charge in [-0.05, 0) is 75.3 Å². The van der Waals surface area contributed by atoms with Crippen LogP contribution >= 0.6 is 0 Å². The summed E-state index contributed by atoms with van der Waals surface area (Å²) < 4.78 is 48.8. The first-order valence-electron chi connectivity index (χ1n) is 18.2. The van der Waals surface area contributed by atoms with Gasteiger partial charge in [0, 0.05) is 81.6 Å². The van der Waals surface area contributed by atoms with E-state index in [9.17, 15) is 27.6 Å². The highest BCUT2D eigenvalue weighted by Gasteiger charge is 2.35. The number of hydrogen-bond acceptors (Lipinski definition) is 9. The minimum absolute atomic E-state index is 0.00802. The molecule has 4 amide bonds. The molecule has 56 heavy (non-hydrogen) atoms. The van der Waals surface area contributed by atoms with Crippen LogP contribution in [0.4, 0.5) is 40.1 Å². The van der Waals surface area contributed by atoms with E-state index < -0.39 is 35.4 Å². The number of benzene rings is 2. The van der Waals surface area contributed by atoms with Crippen molar-refractivity contribution < 1.29 is 32.3 Å². The number of rotatable bonds is 6. The van der Waals surface area contributed by atoms with Gasteiger partial charge in [0.15, 0.2) is 0 Å². The first-order valence-corrected chi connectivity index (χ1v) is 18.2. The molecule has 0 radical (unpaired) electrons. The summed E-state index contributed by atoms with van der Waals surface area (Å²) in [5, 5.41) is 5.24. The Balaban J connectivity index is 1.18. The third kappa shape index (κ3) is 9.47. The maximum Gasteiger partial charge on any atom is 0.417 e. The van der Waals surface area contributed by atoms with Crippen LogP contribution < -0.4 is 16.4 Å². The highest BCUT2D eigenvalue weighted by molar-refractivity contribution is 6.05. The minimum atomic E-state index is -4.59. The van der Waals surface area contributed by atoms with Crippen LogP contribution in [0.3, 0.4) is 0 Å². The molecule has 2 aliphatic heterocycles. The quantitative estimate of drug-likeness (QED) is 0.195. The highest BCUT2D eigenvalue weighted by Crippen LogP contribution is 2.33. The van der Waals surface area contributed by atoms with E-state index in [4.69, 9.17) is 10.5 Å². The van der Waals surface area contributed by atoms with Crippen LogP contribution in [0.1, 0.15) is 66.0 Å². The molecule has 4 N–H and O–H groups in total. The molecule has 4 heterocycles. The summed E-state index contributed by atoms with van der Waals surface area (Å²) in [6, 6.07) is 11.2. The summed E-state index contributed by atoms with van der Waals surface area (Å²) in [6.45, 7) is 11.8. The minimum Gasteiger partial charge on any atom is -0.443 e. The van der Waals surface area contributed by atoms with Crippen molar-refractivity contribution in [1.29, 1.82) is 0 Å². The molecule has 13 nitrogen and oxygen atoms in total. The number of nitrogens with zero attached hydrogens (tertiary/aromatic N) is 6. The summed E-state index contributed by atoms with van der Waals surface area (Å²) in [5.74, 6) is 5.61. The van der Waals surface area contributed by atoms with E-state index in [1.807, 2.05) is 4.57 Å². The van der Waals surface area contributed by atoms with Crippen molar-refractivity contribution in [3.63, 3.8) is 0 Å². The van der Waals surface area contributed by atoms with E-state index in [0.717, 1.165) is 49.8 Å². The molecule has 2 aromatic carbocycles. The predicted octanol–water partition coefficient (Wildman–Crippen LogP) is 6.20. The van der Waals surface area contributed by atoms with E-state index in [2.05, 4.69) is 49.2 Å². The van der Waals surface area contributed by atoms with Crippen molar-refractivity contribution in [2.75, 3.05) is 55.6 Å². The molecular weight excluding hydrogens is 727 g/mol. The Bertz CT molecular complexity index is 2210. The van der Waals surface area contributed by atoms with Crippen LogP contribution in [0.15, 0.2) is 54.7 Å². The molecular formula is C40H44F3N9O4. The van der Waals surface area contributed by atoms with E-state index in [-0.39, 0.29) is 18.2 Å². The molecule has 0 atom stereocenters. The zero-order chi connectivity index (χ0) is 40.4. The van der Waals surface area contributed by atoms with E-state index in [1.165, 1.54) is 6.20 Å². The molecule has 16 heteroatoms. The summed E-state index contributed by atoms with van der Waals surface area (Å²) >= 11 is 0.